The first kappa shape index (κ1) is 17.3. The van der Waals surface area contributed by atoms with Gasteiger partial charge in [-0.25, -0.2) is 0 Å². The number of fused-ring (bicyclic) bond motifs is 1. The van der Waals surface area contributed by atoms with Gasteiger partial charge in [-0.1, -0.05) is 18.2 Å². The number of halogens is 3. The molecule has 1 aliphatic carbocycles. The molecule has 132 valence electrons. The largest absolute Gasteiger partial charge is 0.416 e. The second-order valence-electron chi connectivity index (χ2n) is 7.58. The van der Waals surface area contributed by atoms with Crippen LogP contribution in [0.2, 0.25) is 0 Å². The SMILES string of the molecule is CC(C)(C(=O)N1CC2CCC(N)C2C1)c1cccc(C(F)(F)F)c1. The van der Waals surface area contributed by atoms with Gasteiger partial charge in [0.2, 0.25) is 5.91 Å². The molecule has 2 N–H and O–H groups in total. The molecule has 3 atom stereocenters. The van der Waals surface area contributed by atoms with Gasteiger partial charge < -0.3 is 10.6 Å². The summed E-state index contributed by atoms with van der Waals surface area (Å²) in [4.78, 5) is 14.8. The van der Waals surface area contributed by atoms with E-state index in [2.05, 4.69) is 0 Å². The molecule has 1 saturated heterocycles. The van der Waals surface area contributed by atoms with Gasteiger partial charge in [0.15, 0.2) is 0 Å². The molecule has 1 amide bonds. The maximum Gasteiger partial charge on any atom is 0.416 e. The van der Waals surface area contributed by atoms with Gasteiger partial charge in [-0.2, -0.15) is 13.2 Å². The van der Waals surface area contributed by atoms with Crippen LogP contribution in [0.25, 0.3) is 0 Å². The number of rotatable bonds is 2. The van der Waals surface area contributed by atoms with Crippen LogP contribution in [0, 0.1) is 11.8 Å². The van der Waals surface area contributed by atoms with E-state index in [4.69, 9.17) is 5.73 Å². The molecule has 0 aromatic heterocycles. The Hall–Kier alpha value is -1.56. The molecule has 3 nitrogen and oxygen atoms in total. The third-order valence-corrected chi connectivity index (χ3v) is 5.65. The predicted octanol–water partition coefficient (Wildman–Crippen LogP) is 3.18. The van der Waals surface area contributed by atoms with Crippen LogP contribution in [0.5, 0.6) is 0 Å². The molecule has 3 unspecified atom stereocenters. The summed E-state index contributed by atoms with van der Waals surface area (Å²) < 4.78 is 38.8. The minimum atomic E-state index is -4.41. The molecule has 3 rings (SSSR count). The zero-order valence-corrected chi connectivity index (χ0v) is 13.9. The zero-order chi connectivity index (χ0) is 17.7. The van der Waals surface area contributed by atoms with E-state index >= 15 is 0 Å². The maximum absolute atomic E-state index is 13.0. The van der Waals surface area contributed by atoms with Gasteiger partial charge in [0.1, 0.15) is 0 Å². The van der Waals surface area contributed by atoms with E-state index in [1.54, 1.807) is 24.8 Å². The fraction of sp³-hybridized carbons (Fsp3) is 0.611. The number of nitrogens with two attached hydrogens (primary N) is 1. The number of carbonyl (C=O) groups excluding carboxylic acids is 1. The van der Waals surface area contributed by atoms with Gasteiger partial charge in [-0.3, -0.25) is 4.79 Å². The van der Waals surface area contributed by atoms with E-state index in [-0.39, 0.29) is 11.9 Å². The third-order valence-electron chi connectivity index (χ3n) is 5.65. The van der Waals surface area contributed by atoms with Crippen LogP contribution in [0.15, 0.2) is 24.3 Å². The van der Waals surface area contributed by atoms with E-state index < -0.39 is 17.2 Å². The number of hydrogen-bond donors (Lipinski definition) is 1. The molecule has 2 aliphatic rings. The van der Waals surface area contributed by atoms with Crippen LogP contribution >= 0.6 is 0 Å². The summed E-state index contributed by atoms with van der Waals surface area (Å²) in [6, 6.07) is 5.20. The lowest BCUT2D eigenvalue weighted by molar-refractivity contribution is -0.138. The Labute approximate surface area is 140 Å². The van der Waals surface area contributed by atoms with Crippen LogP contribution in [-0.2, 0) is 16.4 Å². The Balaban J connectivity index is 1.82. The second kappa shape index (κ2) is 5.76. The molecule has 0 bridgehead atoms. The standard InChI is InChI=1S/C18H23F3N2O/c1-17(2,12-4-3-5-13(8-12)18(19,20)21)16(24)23-9-11-6-7-15(22)14(11)10-23/h3-5,8,11,14-15H,6-7,9-10,22H2,1-2H3. The monoisotopic (exact) mass is 340 g/mol. The Morgan fingerprint density at radius 2 is 1.83 bits per heavy atom. The zero-order valence-electron chi connectivity index (χ0n) is 13.9. The number of likely N-dealkylation sites (tertiary alicyclic amines) is 1. The molecule has 6 heteroatoms. The number of benzene rings is 1. The lowest BCUT2D eigenvalue weighted by atomic mass is 9.82. The number of hydrogen-bond acceptors (Lipinski definition) is 2. The molecule has 1 heterocycles. The second-order valence-corrected chi connectivity index (χ2v) is 7.58. The first-order valence-electron chi connectivity index (χ1n) is 8.33. The summed E-state index contributed by atoms with van der Waals surface area (Å²) in [6.45, 7) is 4.67. The van der Waals surface area contributed by atoms with Gasteiger partial charge in [-0.15, -0.1) is 0 Å². The average Bonchev–Trinajstić information content (AvgIpc) is 3.08. The van der Waals surface area contributed by atoms with Crippen molar-refractivity contribution >= 4 is 5.91 Å². The molecule has 24 heavy (non-hydrogen) atoms. The van der Waals surface area contributed by atoms with Crippen LogP contribution in [0.3, 0.4) is 0 Å². The molecule has 0 radical (unpaired) electrons. The summed E-state index contributed by atoms with van der Waals surface area (Å²) in [7, 11) is 0. The Morgan fingerprint density at radius 1 is 1.17 bits per heavy atom. The van der Waals surface area contributed by atoms with Crippen molar-refractivity contribution in [2.24, 2.45) is 17.6 Å². The smallest absolute Gasteiger partial charge is 0.341 e. The van der Waals surface area contributed by atoms with Crippen molar-refractivity contribution in [2.45, 2.75) is 44.3 Å². The van der Waals surface area contributed by atoms with Crippen LogP contribution in [0.1, 0.15) is 37.8 Å². The third kappa shape index (κ3) is 2.92. The van der Waals surface area contributed by atoms with Crippen LogP contribution in [0.4, 0.5) is 13.2 Å². The molecule has 2 fully saturated rings. The maximum atomic E-state index is 13.0. The van der Waals surface area contributed by atoms with Gasteiger partial charge in [0, 0.05) is 19.1 Å². The first-order valence-corrected chi connectivity index (χ1v) is 8.33. The lowest BCUT2D eigenvalue weighted by Crippen LogP contribution is -2.43. The predicted molar refractivity (Wildman–Crippen MR) is 85.2 cm³/mol. The molecule has 1 saturated carbocycles. The van der Waals surface area contributed by atoms with Gasteiger partial charge in [-0.05, 0) is 50.2 Å². The summed E-state index contributed by atoms with van der Waals surface area (Å²) in [6.07, 6.45) is -2.39. The summed E-state index contributed by atoms with van der Waals surface area (Å²) >= 11 is 0. The molecular weight excluding hydrogens is 317 g/mol. The van der Waals surface area contributed by atoms with Gasteiger partial charge in [0.05, 0.1) is 11.0 Å². The van der Waals surface area contributed by atoms with Crippen molar-refractivity contribution in [1.82, 2.24) is 4.90 Å². The molecule has 1 aliphatic heterocycles. The molecular formula is C18H23F3N2O. The summed E-state index contributed by atoms with van der Waals surface area (Å²) in [5, 5.41) is 0. The number of carbonyl (C=O) groups is 1. The molecule has 0 spiro atoms. The van der Waals surface area contributed by atoms with Crippen molar-refractivity contribution in [3.63, 3.8) is 0 Å². The van der Waals surface area contributed by atoms with E-state index in [0.717, 1.165) is 25.0 Å². The highest BCUT2D eigenvalue weighted by molar-refractivity contribution is 5.87. The quantitative estimate of drug-likeness (QED) is 0.899. The highest BCUT2D eigenvalue weighted by atomic mass is 19.4. The van der Waals surface area contributed by atoms with E-state index in [1.165, 1.54) is 6.07 Å². The minimum absolute atomic E-state index is 0.122. The Bertz CT molecular complexity index is 641. The lowest BCUT2D eigenvalue weighted by Gasteiger charge is -2.31. The topological polar surface area (TPSA) is 46.3 Å². The highest BCUT2D eigenvalue weighted by Gasteiger charge is 2.45. The van der Waals surface area contributed by atoms with Crippen molar-refractivity contribution in [3.05, 3.63) is 35.4 Å². The van der Waals surface area contributed by atoms with E-state index in [9.17, 15) is 18.0 Å². The first-order chi connectivity index (χ1) is 11.1. The Kier molecular flexibility index (Phi) is 4.14. The number of amides is 1. The van der Waals surface area contributed by atoms with Crippen LogP contribution < -0.4 is 5.73 Å². The number of nitrogens with zero attached hydrogens (tertiary/aromatic N) is 1. The minimum Gasteiger partial charge on any atom is -0.341 e. The van der Waals surface area contributed by atoms with Crippen molar-refractivity contribution < 1.29 is 18.0 Å². The molecule has 1 aromatic rings. The van der Waals surface area contributed by atoms with E-state index in [0.29, 0.717) is 30.5 Å². The van der Waals surface area contributed by atoms with Crippen LogP contribution in [-0.4, -0.2) is 29.9 Å². The highest BCUT2D eigenvalue weighted by Crippen LogP contribution is 2.40. The molecule has 1 aromatic carbocycles. The van der Waals surface area contributed by atoms with Gasteiger partial charge in [0.25, 0.3) is 0 Å². The Morgan fingerprint density at radius 3 is 2.46 bits per heavy atom. The van der Waals surface area contributed by atoms with Crippen molar-refractivity contribution in [2.75, 3.05) is 13.1 Å². The normalized spacial score (nSPS) is 27.4. The average molecular weight is 340 g/mol. The fourth-order valence-electron chi connectivity index (χ4n) is 4.08. The fourth-order valence-corrected chi connectivity index (χ4v) is 4.08. The summed E-state index contributed by atoms with van der Waals surface area (Å²) in [5.41, 5.74) is 4.78. The van der Waals surface area contributed by atoms with Crippen molar-refractivity contribution in [3.8, 4) is 0 Å². The van der Waals surface area contributed by atoms with Crippen molar-refractivity contribution in [1.29, 1.82) is 0 Å². The number of alkyl halides is 3. The van der Waals surface area contributed by atoms with Gasteiger partial charge >= 0.3 is 6.18 Å². The van der Waals surface area contributed by atoms with E-state index in [1.807, 2.05) is 0 Å². The summed E-state index contributed by atoms with van der Waals surface area (Å²) in [5.74, 6) is 0.635.